The Hall–Kier alpha value is -2.61. The Labute approximate surface area is 162 Å². The standard InChI is InChI=1S/C19H23FN6S/c1-2-21-19(22-10-12-27-14-15-7-3-4-8-16(15)20)23-13-18-25-24-17-9-5-6-11-26(17)18/h3-9,11H,2,10,12-14H2,1H3,(H2,21,22,23). The van der Waals surface area contributed by atoms with E-state index >= 15 is 0 Å². The zero-order chi connectivity index (χ0) is 18.9. The molecule has 0 aliphatic carbocycles. The highest BCUT2D eigenvalue weighted by molar-refractivity contribution is 7.98. The number of fused-ring (bicyclic) bond motifs is 1. The summed E-state index contributed by atoms with van der Waals surface area (Å²) in [4.78, 5) is 4.58. The van der Waals surface area contributed by atoms with E-state index in [1.54, 1.807) is 17.8 Å². The highest BCUT2D eigenvalue weighted by Crippen LogP contribution is 2.14. The van der Waals surface area contributed by atoms with Crippen LogP contribution in [0.15, 0.2) is 53.7 Å². The molecule has 27 heavy (non-hydrogen) atoms. The number of aliphatic imine (C=N–C) groups is 1. The lowest BCUT2D eigenvalue weighted by Crippen LogP contribution is -2.38. The molecule has 0 radical (unpaired) electrons. The maximum atomic E-state index is 13.6. The summed E-state index contributed by atoms with van der Waals surface area (Å²) in [6.45, 7) is 3.97. The summed E-state index contributed by atoms with van der Waals surface area (Å²) in [6, 6.07) is 12.7. The predicted molar refractivity (Wildman–Crippen MR) is 108 cm³/mol. The first kappa shape index (κ1) is 19.2. The van der Waals surface area contributed by atoms with Crippen LogP contribution in [-0.4, -0.2) is 39.4 Å². The van der Waals surface area contributed by atoms with Gasteiger partial charge in [-0.05, 0) is 30.7 Å². The SMILES string of the molecule is CCNC(=NCc1nnc2ccccn12)NCCSCc1ccccc1F. The largest absolute Gasteiger partial charge is 0.357 e. The first-order valence-electron chi connectivity index (χ1n) is 8.90. The van der Waals surface area contributed by atoms with Crippen molar-refractivity contribution in [2.45, 2.75) is 19.2 Å². The van der Waals surface area contributed by atoms with Crippen molar-refractivity contribution in [3.63, 3.8) is 0 Å². The highest BCUT2D eigenvalue weighted by Gasteiger charge is 2.05. The zero-order valence-electron chi connectivity index (χ0n) is 15.2. The smallest absolute Gasteiger partial charge is 0.191 e. The van der Waals surface area contributed by atoms with Crippen LogP contribution in [0.1, 0.15) is 18.3 Å². The second-order valence-corrected chi connectivity index (χ2v) is 6.92. The van der Waals surface area contributed by atoms with Gasteiger partial charge in [0.15, 0.2) is 17.4 Å². The highest BCUT2D eigenvalue weighted by atomic mass is 32.2. The number of hydrogen-bond donors (Lipinski definition) is 2. The molecule has 0 saturated heterocycles. The van der Waals surface area contributed by atoms with E-state index in [2.05, 4.69) is 25.8 Å². The van der Waals surface area contributed by atoms with Gasteiger partial charge in [-0.2, -0.15) is 11.8 Å². The van der Waals surface area contributed by atoms with E-state index in [-0.39, 0.29) is 5.82 Å². The fourth-order valence-electron chi connectivity index (χ4n) is 2.53. The van der Waals surface area contributed by atoms with Gasteiger partial charge in [0.05, 0.1) is 0 Å². The number of nitrogens with one attached hydrogen (secondary N) is 2. The zero-order valence-corrected chi connectivity index (χ0v) is 16.0. The van der Waals surface area contributed by atoms with Gasteiger partial charge >= 0.3 is 0 Å². The summed E-state index contributed by atoms with van der Waals surface area (Å²) < 4.78 is 15.5. The molecule has 0 saturated carbocycles. The van der Waals surface area contributed by atoms with Crippen molar-refractivity contribution in [3.05, 3.63) is 65.9 Å². The van der Waals surface area contributed by atoms with Gasteiger partial charge in [-0.3, -0.25) is 4.40 Å². The maximum Gasteiger partial charge on any atom is 0.191 e. The molecule has 6 nitrogen and oxygen atoms in total. The summed E-state index contributed by atoms with van der Waals surface area (Å²) >= 11 is 1.69. The Kier molecular flexibility index (Phi) is 7.04. The Morgan fingerprint density at radius 2 is 2.00 bits per heavy atom. The van der Waals surface area contributed by atoms with Crippen LogP contribution >= 0.6 is 11.8 Å². The molecular weight excluding hydrogens is 363 g/mol. The van der Waals surface area contributed by atoms with Crippen LogP contribution in [-0.2, 0) is 12.3 Å². The molecular formula is C19H23FN6S. The predicted octanol–water partition coefficient (Wildman–Crippen LogP) is 2.86. The molecule has 0 atom stereocenters. The fraction of sp³-hybridized carbons (Fsp3) is 0.316. The van der Waals surface area contributed by atoms with Crippen LogP contribution in [0.3, 0.4) is 0 Å². The van der Waals surface area contributed by atoms with Gasteiger partial charge in [0.2, 0.25) is 0 Å². The number of halogens is 1. The summed E-state index contributed by atoms with van der Waals surface area (Å²) in [5.74, 6) is 2.89. The average molecular weight is 387 g/mol. The van der Waals surface area contributed by atoms with Crippen LogP contribution in [0.25, 0.3) is 5.65 Å². The Bertz CT molecular complexity index is 895. The number of aromatic nitrogens is 3. The molecule has 0 aliphatic heterocycles. The molecule has 0 fully saturated rings. The van der Waals surface area contributed by atoms with E-state index in [1.807, 2.05) is 47.9 Å². The molecule has 3 rings (SSSR count). The van der Waals surface area contributed by atoms with Crippen LogP contribution in [0, 0.1) is 5.82 Å². The molecule has 0 bridgehead atoms. The Morgan fingerprint density at radius 1 is 1.15 bits per heavy atom. The molecule has 3 aromatic rings. The number of guanidine groups is 1. The Morgan fingerprint density at radius 3 is 2.85 bits per heavy atom. The average Bonchev–Trinajstić information content (AvgIpc) is 3.10. The minimum atomic E-state index is -0.145. The topological polar surface area (TPSA) is 66.6 Å². The van der Waals surface area contributed by atoms with Gasteiger partial charge in [0, 0.05) is 30.8 Å². The molecule has 1 aromatic carbocycles. The van der Waals surface area contributed by atoms with E-state index in [4.69, 9.17) is 0 Å². The lowest BCUT2D eigenvalue weighted by atomic mass is 10.2. The van der Waals surface area contributed by atoms with Crippen molar-refractivity contribution in [1.82, 2.24) is 25.2 Å². The second kappa shape index (κ2) is 9.91. The monoisotopic (exact) mass is 386 g/mol. The summed E-state index contributed by atoms with van der Waals surface area (Å²) in [5, 5.41) is 14.8. The van der Waals surface area contributed by atoms with E-state index in [1.165, 1.54) is 6.07 Å². The number of benzene rings is 1. The van der Waals surface area contributed by atoms with Crippen LogP contribution in [0.5, 0.6) is 0 Å². The molecule has 0 spiro atoms. The number of rotatable bonds is 8. The molecule has 0 unspecified atom stereocenters. The molecule has 0 aliphatic rings. The third-order valence-electron chi connectivity index (χ3n) is 3.86. The van der Waals surface area contributed by atoms with Crippen molar-refractivity contribution in [3.8, 4) is 0 Å². The second-order valence-electron chi connectivity index (χ2n) is 5.81. The van der Waals surface area contributed by atoms with Gasteiger partial charge < -0.3 is 10.6 Å². The summed E-state index contributed by atoms with van der Waals surface area (Å²) in [7, 11) is 0. The molecule has 2 aromatic heterocycles. The van der Waals surface area contributed by atoms with Gasteiger partial charge in [0.25, 0.3) is 0 Å². The van der Waals surface area contributed by atoms with Gasteiger partial charge in [0.1, 0.15) is 12.4 Å². The minimum absolute atomic E-state index is 0.145. The van der Waals surface area contributed by atoms with Crippen molar-refractivity contribution in [2.75, 3.05) is 18.8 Å². The third-order valence-corrected chi connectivity index (χ3v) is 4.87. The lowest BCUT2D eigenvalue weighted by molar-refractivity contribution is 0.617. The number of pyridine rings is 1. The fourth-order valence-corrected chi connectivity index (χ4v) is 3.37. The van der Waals surface area contributed by atoms with Crippen molar-refractivity contribution in [1.29, 1.82) is 0 Å². The maximum absolute atomic E-state index is 13.6. The van der Waals surface area contributed by atoms with E-state index in [0.29, 0.717) is 12.3 Å². The number of hydrogen-bond acceptors (Lipinski definition) is 4. The third kappa shape index (κ3) is 5.43. The van der Waals surface area contributed by atoms with Crippen LogP contribution in [0.4, 0.5) is 4.39 Å². The first-order chi connectivity index (χ1) is 13.3. The Balaban J connectivity index is 1.48. The van der Waals surface area contributed by atoms with Crippen molar-refractivity contribution in [2.24, 2.45) is 4.99 Å². The molecule has 8 heteroatoms. The van der Waals surface area contributed by atoms with E-state index in [0.717, 1.165) is 41.8 Å². The lowest BCUT2D eigenvalue weighted by Gasteiger charge is -2.11. The van der Waals surface area contributed by atoms with Crippen LogP contribution < -0.4 is 10.6 Å². The summed E-state index contributed by atoms with van der Waals surface area (Å²) in [6.07, 6.45) is 1.93. The van der Waals surface area contributed by atoms with Crippen molar-refractivity contribution < 1.29 is 4.39 Å². The number of nitrogens with zero attached hydrogens (tertiary/aromatic N) is 4. The first-order valence-corrected chi connectivity index (χ1v) is 10.1. The van der Waals surface area contributed by atoms with E-state index < -0.39 is 0 Å². The summed E-state index contributed by atoms with van der Waals surface area (Å²) in [5.41, 5.74) is 1.55. The quantitative estimate of drug-likeness (QED) is 0.354. The molecule has 142 valence electrons. The van der Waals surface area contributed by atoms with Gasteiger partial charge in [-0.25, -0.2) is 9.38 Å². The molecule has 2 N–H and O–H groups in total. The minimum Gasteiger partial charge on any atom is -0.357 e. The molecule has 2 heterocycles. The van der Waals surface area contributed by atoms with Crippen LogP contribution in [0.2, 0.25) is 0 Å². The number of thioether (sulfide) groups is 1. The van der Waals surface area contributed by atoms with Gasteiger partial charge in [-0.15, -0.1) is 10.2 Å². The molecule has 0 amide bonds. The van der Waals surface area contributed by atoms with E-state index in [9.17, 15) is 4.39 Å². The normalized spacial score (nSPS) is 11.7. The van der Waals surface area contributed by atoms with Gasteiger partial charge in [-0.1, -0.05) is 24.3 Å². The van der Waals surface area contributed by atoms with Crippen molar-refractivity contribution >= 4 is 23.4 Å².